The molecule has 10 heavy (non-hydrogen) atoms. The topological polar surface area (TPSA) is 46.5 Å². The second-order valence-corrected chi connectivity index (χ2v) is 2.72. The molecule has 0 spiro atoms. The summed E-state index contributed by atoms with van der Waals surface area (Å²) in [5, 5.41) is -0.441. The molecule has 0 aromatic carbocycles. The number of carbonyl (C=O) groups is 1. The van der Waals surface area contributed by atoms with Gasteiger partial charge in [0.05, 0.1) is 0 Å². The number of thioether (sulfide) groups is 1. The van der Waals surface area contributed by atoms with Crippen molar-refractivity contribution in [3.8, 4) is 0 Å². The normalized spacial score (nSPS) is 8.50. The number of isocyanates is 1. The minimum Gasteiger partial charge on any atom is -0.259 e. The molecule has 4 heteroatoms. The molecule has 0 saturated heterocycles. The molecule has 0 saturated carbocycles. The van der Waals surface area contributed by atoms with Crippen molar-refractivity contribution in [3.63, 3.8) is 0 Å². The van der Waals surface area contributed by atoms with Gasteiger partial charge in [0.2, 0.25) is 6.08 Å². The van der Waals surface area contributed by atoms with Gasteiger partial charge in [0.1, 0.15) is 0 Å². The molecule has 0 rings (SSSR count). The van der Waals surface area contributed by atoms with Gasteiger partial charge in [0.15, 0.2) is 0 Å². The van der Waals surface area contributed by atoms with Crippen LogP contribution >= 0.6 is 11.8 Å². The van der Waals surface area contributed by atoms with Gasteiger partial charge in [-0.1, -0.05) is 25.1 Å². The molecular formula is C6H9NO2S. The van der Waals surface area contributed by atoms with E-state index in [0.717, 1.165) is 30.4 Å². The van der Waals surface area contributed by atoms with Gasteiger partial charge >= 0.3 is 5.24 Å². The zero-order valence-electron chi connectivity index (χ0n) is 5.79. The van der Waals surface area contributed by atoms with Crippen LogP contribution in [-0.4, -0.2) is 17.1 Å². The maximum Gasteiger partial charge on any atom is 0.315 e. The number of hydrogen-bond donors (Lipinski definition) is 0. The number of nitrogens with zero attached hydrogens (tertiary/aromatic N) is 1. The fourth-order valence-electron chi connectivity index (χ4n) is 0.373. The van der Waals surface area contributed by atoms with E-state index in [1.54, 1.807) is 0 Å². The molecule has 0 aliphatic heterocycles. The average molecular weight is 159 g/mol. The molecule has 0 atom stereocenters. The number of carbonyl (C=O) groups excluding carboxylic acids is 2. The number of rotatable bonds is 3. The first-order chi connectivity index (χ1) is 4.81. The monoisotopic (exact) mass is 159 g/mol. The van der Waals surface area contributed by atoms with E-state index in [1.165, 1.54) is 6.08 Å². The second-order valence-electron chi connectivity index (χ2n) is 1.67. The van der Waals surface area contributed by atoms with Crippen LogP contribution < -0.4 is 0 Å². The summed E-state index contributed by atoms with van der Waals surface area (Å²) in [5.74, 6) is 0.737. The number of unbranched alkanes of at least 4 members (excludes halogenated alkanes) is 1. The third kappa shape index (κ3) is 5.54. The quantitative estimate of drug-likeness (QED) is 0.359. The van der Waals surface area contributed by atoms with Gasteiger partial charge in [-0.25, -0.2) is 4.79 Å². The van der Waals surface area contributed by atoms with Crippen LogP contribution in [0.5, 0.6) is 0 Å². The summed E-state index contributed by atoms with van der Waals surface area (Å²) in [7, 11) is 0. The van der Waals surface area contributed by atoms with Crippen LogP contribution in [0, 0.1) is 0 Å². The Balaban J connectivity index is 3.31. The van der Waals surface area contributed by atoms with Gasteiger partial charge in [-0.3, -0.25) is 4.79 Å². The summed E-state index contributed by atoms with van der Waals surface area (Å²) >= 11 is 1.06. The van der Waals surface area contributed by atoms with E-state index in [4.69, 9.17) is 0 Å². The fraction of sp³-hybridized carbons (Fsp3) is 0.667. The van der Waals surface area contributed by atoms with E-state index in [0.29, 0.717) is 0 Å². The van der Waals surface area contributed by atoms with Crippen molar-refractivity contribution in [2.24, 2.45) is 4.99 Å². The Labute approximate surface area is 63.9 Å². The first kappa shape index (κ1) is 9.40. The molecule has 1 amide bonds. The highest BCUT2D eigenvalue weighted by Gasteiger charge is 1.96. The molecule has 0 unspecified atom stereocenters. The molecular weight excluding hydrogens is 150 g/mol. The van der Waals surface area contributed by atoms with Crippen LogP contribution in [0.1, 0.15) is 19.8 Å². The predicted octanol–water partition coefficient (Wildman–Crippen LogP) is 1.98. The van der Waals surface area contributed by atoms with E-state index in [9.17, 15) is 9.59 Å². The van der Waals surface area contributed by atoms with Crippen molar-refractivity contribution in [2.75, 3.05) is 5.75 Å². The molecule has 0 heterocycles. The number of aliphatic imine (C=N–C) groups is 1. The first-order valence-electron chi connectivity index (χ1n) is 3.06. The Kier molecular flexibility index (Phi) is 6.13. The predicted molar refractivity (Wildman–Crippen MR) is 40.9 cm³/mol. The summed E-state index contributed by atoms with van der Waals surface area (Å²) in [6, 6.07) is 0. The van der Waals surface area contributed by atoms with Gasteiger partial charge in [-0.2, -0.15) is 0 Å². The Morgan fingerprint density at radius 3 is 2.90 bits per heavy atom. The van der Waals surface area contributed by atoms with Crippen LogP contribution in [0.25, 0.3) is 0 Å². The van der Waals surface area contributed by atoms with Crippen LogP contribution in [0.4, 0.5) is 4.79 Å². The lowest BCUT2D eigenvalue weighted by atomic mass is 10.4. The molecule has 0 aromatic rings. The zero-order chi connectivity index (χ0) is 7.82. The lowest BCUT2D eigenvalue weighted by Gasteiger charge is -1.89. The Morgan fingerprint density at radius 1 is 1.70 bits per heavy atom. The Morgan fingerprint density at radius 2 is 2.40 bits per heavy atom. The van der Waals surface area contributed by atoms with Crippen molar-refractivity contribution in [1.82, 2.24) is 0 Å². The lowest BCUT2D eigenvalue weighted by molar-refractivity contribution is 0.267. The van der Waals surface area contributed by atoms with Gasteiger partial charge < -0.3 is 0 Å². The van der Waals surface area contributed by atoms with E-state index < -0.39 is 5.24 Å². The third-order valence-corrected chi connectivity index (χ3v) is 1.69. The average Bonchev–Trinajstić information content (AvgIpc) is 1.89. The van der Waals surface area contributed by atoms with Crippen LogP contribution in [0.3, 0.4) is 0 Å². The summed E-state index contributed by atoms with van der Waals surface area (Å²) in [6.45, 7) is 2.04. The molecule has 0 aromatic heterocycles. The van der Waals surface area contributed by atoms with Gasteiger partial charge in [-0.05, 0) is 6.42 Å². The summed E-state index contributed by atoms with van der Waals surface area (Å²) in [6.07, 6.45) is 3.22. The van der Waals surface area contributed by atoms with Crippen molar-refractivity contribution < 1.29 is 9.59 Å². The minimum absolute atomic E-state index is 0.441. The second kappa shape index (κ2) is 6.52. The summed E-state index contributed by atoms with van der Waals surface area (Å²) in [5.41, 5.74) is 0. The molecule has 0 N–H and O–H groups in total. The lowest BCUT2D eigenvalue weighted by Crippen LogP contribution is -1.84. The largest absolute Gasteiger partial charge is 0.315 e. The van der Waals surface area contributed by atoms with Crippen LogP contribution in [0.2, 0.25) is 0 Å². The fourth-order valence-corrected chi connectivity index (χ4v) is 1.08. The summed E-state index contributed by atoms with van der Waals surface area (Å²) < 4.78 is 0. The van der Waals surface area contributed by atoms with E-state index in [2.05, 4.69) is 4.99 Å². The molecule has 0 aliphatic rings. The molecule has 0 aliphatic carbocycles. The third-order valence-electron chi connectivity index (χ3n) is 0.860. The van der Waals surface area contributed by atoms with Crippen molar-refractivity contribution in [2.45, 2.75) is 19.8 Å². The van der Waals surface area contributed by atoms with Crippen molar-refractivity contribution in [3.05, 3.63) is 0 Å². The highest BCUT2D eigenvalue weighted by molar-refractivity contribution is 8.13. The first-order valence-corrected chi connectivity index (χ1v) is 4.04. The smallest absolute Gasteiger partial charge is 0.259 e. The Bertz CT molecular complexity index is 152. The van der Waals surface area contributed by atoms with Crippen LogP contribution in [-0.2, 0) is 4.79 Å². The number of hydrogen-bond acceptors (Lipinski definition) is 3. The van der Waals surface area contributed by atoms with E-state index >= 15 is 0 Å². The molecule has 0 bridgehead atoms. The van der Waals surface area contributed by atoms with Gasteiger partial charge in [0, 0.05) is 5.75 Å². The molecule has 3 nitrogen and oxygen atoms in total. The van der Waals surface area contributed by atoms with Crippen molar-refractivity contribution >= 4 is 23.1 Å². The molecule has 56 valence electrons. The SMILES string of the molecule is CCCCSC(=O)N=C=O. The minimum atomic E-state index is -0.441. The molecule has 0 radical (unpaired) electrons. The van der Waals surface area contributed by atoms with Crippen molar-refractivity contribution in [1.29, 1.82) is 0 Å². The zero-order valence-corrected chi connectivity index (χ0v) is 6.61. The van der Waals surface area contributed by atoms with Gasteiger partial charge in [-0.15, -0.1) is 4.99 Å². The van der Waals surface area contributed by atoms with E-state index in [-0.39, 0.29) is 0 Å². The maximum absolute atomic E-state index is 10.5. The molecule has 0 fully saturated rings. The highest BCUT2D eigenvalue weighted by atomic mass is 32.2. The summed E-state index contributed by atoms with van der Waals surface area (Å²) in [4.78, 5) is 22.9. The maximum atomic E-state index is 10.5. The standard InChI is InChI=1S/C6H9NO2S/c1-2-3-4-10-6(9)7-5-8/h2-4H2,1H3. The highest BCUT2D eigenvalue weighted by Crippen LogP contribution is 2.06. The number of amides is 1. The Hall–Kier alpha value is -0.600. The van der Waals surface area contributed by atoms with E-state index in [1.807, 2.05) is 6.92 Å². The van der Waals surface area contributed by atoms with Gasteiger partial charge in [0.25, 0.3) is 0 Å². The van der Waals surface area contributed by atoms with Crippen LogP contribution in [0.15, 0.2) is 4.99 Å².